The molecule has 0 bridgehead atoms. The smallest absolute Gasteiger partial charge is 0.225 e. The largest absolute Gasteiger partial charge is 0.341 e. The molecule has 4 nitrogen and oxygen atoms in total. The van der Waals surface area contributed by atoms with Crippen LogP contribution in [0.4, 0.5) is 5.95 Å². The minimum atomic E-state index is 0.509. The van der Waals surface area contributed by atoms with Crippen LogP contribution in [0, 0.1) is 12.3 Å². The summed E-state index contributed by atoms with van der Waals surface area (Å²) >= 11 is 0. The van der Waals surface area contributed by atoms with Crippen LogP contribution in [0.2, 0.25) is 0 Å². The Labute approximate surface area is 129 Å². The van der Waals surface area contributed by atoms with Crippen molar-refractivity contribution in [2.24, 2.45) is 5.41 Å². The van der Waals surface area contributed by atoms with Crippen molar-refractivity contribution in [1.29, 1.82) is 0 Å². The van der Waals surface area contributed by atoms with Gasteiger partial charge in [0.25, 0.3) is 0 Å². The Kier molecular flexibility index (Phi) is 5.57. The van der Waals surface area contributed by atoms with Crippen molar-refractivity contribution in [3.8, 4) is 0 Å². The van der Waals surface area contributed by atoms with E-state index in [4.69, 9.17) is 4.98 Å². The summed E-state index contributed by atoms with van der Waals surface area (Å²) in [7, 11) is 0. The van der Waals surface area contributed by atoms with Gasteiger partial charge in [0.1, 0.15) is 0 Å². The van der Waals surface area contributed by atoms with Gasteiger partial charge in [0.15, 0.2) is 0 Å². The van der Waals surface area contributed by atoms with Crippen LogP contribution in [0.1, 0.15) is 57.7 Å². The SMILES string of the molecule is CCCNCc1cnc(N2CCC(C)(CC)CC2)nc1C. The molecule has 1 fully saturated rings. The predicted molar refractivity (Wildman–Crippen MR) is 88.6 cm³/mol. The molecular weight excluding hydrogens is 260 g/mol. The van der Waals surface area contributed by atoms with Crippen molar-refractivity contribution in [3.05, 3.63) is 17.5 Å². The number of hydrogen-bond donors (Lipinski definition) is 1. The van der Waals surface area contributed by atoms with E-state index < -0.39 is 0 Å². The summed E-state index contributed by atoms with van der Waals surface area (Å²) in [5, 5.41) is 3.42. The molecule has 0 atom stereocenters. The highest BCUT2D eigenvalue weighted by Crippen LogP contribution is 2.34. The number of aromatic nitrogens is 2. The number of rotatable bonds is 6. The molecule has 0 unspecified atom stereocenters. The maximum Gasteiger partial charge on any atom is 0.225 e. The zero-order valence-electron chi connectivity index (χ0n) is 14.1. The van der Waals surface area contributed by atoms with Crippen LogP contribution in [0.5, 0.6) is 0 Å². The van der Waals surface area contributed by atoms with Crippen molar-refractivity contribution >= 4 is 5.95 Å². The Morgan fingerprint density at radius 2 is 2.00 bits per heavy atom. The normalized spacial score (nSPS) is 18.0. The van der Waals surface area contributed by atoms with Gasteiger partial charge in [-0.3, -0.25) is 0 Å². The van der Waals surface area contributed by atoms with Gasteiger partial charge in [0.2, 0.25) is 5.95 Å². The number of nitrogens with zero attached hydrogens (tertiary/aromatic N) is 3. The van der Waals surface area contributed by atoms with E-state index in [1.165, 1.54) is 24.8 Å². The molecule has 0 amide bonds. The second-order valence-electron chi connectivity index (χ2n) is 6.61. The van der Waals surface area contributed by atoms with Crippen LogP contribution in [-0.4, -0.2) is 29.6 Å². The molecule has 1 aromatic heterocycles. The summed E-state index contributed by atoms with van der Waals surface area (Å²) in [5.41, 5.74) is 2.82. The van der Waals surface area contributed by atoms with Crippen LogP contribution < -0.4 is 10.2 Å². The molecular formula is C17H30N4. The molecule has 1 aliphatic heterocycles. The zero-order chi connectivity index (χ0) is 15.3. The van der Waals surface area contributed by atoms with Crippen LogP contribution in [0.3, 0.4) is 0 Å². The predicted octanol–water partition coefficient (Wildman–Crippen LogP) is 3.30. The lowest BCUT2D eigenvalue weighted by atomic mass is 9.78. The second-order valence-corrected chi connectivity index (χ2v) is 6.61. The first-order chi connectivity index (χ1) is 10.1. The van der Waals surface area contributed by atoms with Gasteiger partial charge in [-0.15, -0.1) is 0 Å². The maximum atomic E-state index is 4.72. The molecule has 0 aromatic carbocycles. The van der Waals surface area contributed by atoms with Gasteiger partial charge in [-0.1, -0.05) is 27.2 Å². The molecule has 4 heteroatoms. The van der Waals surface area contributed by atoms with Gasteiger partial charge in [-0.25, -0.2) is 9.97 Å². The lowest BCUT2D eigenvalue weighted by molar-refractivity contribution is 0.237. The Balaban J connectivity index is 1.97. The lowest BCUT2D eigenvalue weighted by Crippen LogP contribution is -2.39. The minimum absolute atomic E-state index is 0.509. The maximum absolute atomic E-state index is 4.72. The van der Waals surface area contributed by atoms with E-state index in [9.17, 15) is 0 Å². The number of anilines is 1. The van der Waals surface area contributed by atoms with E-state index in [0.29, 0.717) is 5.41 Å². The first-order valence-corrected chi connectivity index (χ1v) is 8.36. The van der Waals surface area contributed by atoms with Gasteiger partial charge >= 0.3 is 0 Å². The van der Waals surface area contributed by atoms with Gasteiger partial charge in [0, 0.05) is 37.1 Å². The first-order valence-electron chi connectivity index (χ1n) is 8.36. The van der Waals surface area contributed by atoms with Crippen molar-refractivity contribution in [3.63, 3.8) is 0 Å². The number of nitrogens with one attached hydrogen (secondary N) is 1. The van der Waals surface area contributed by atoms with E-state index >= 15 is 0 Å². The van der Waals surface area contributed by atoms with E-state index in [-0.39, 0.29) is 0 Å². The summed E-state index contributed by atoms with van der Waals surface area (Å²) in [4.78, 5) is 11.7. The van der Waals surface area contributed by atoms with Crippen molar-refractivity contribution in [1.82, 2.24) is 15.3 Å². The molecule has 0 aliphatic carbocycles. The molecule has 1 aromatic rings. The molecule has 118 valence electrons. The number of aryl methyl sites for hydroxylation is 1. The van der Waals surface area contributed by atoms with Crippen molar-refractivity contribution in [2.45, 2.75) is 59.9 Å². The van der Waals surface area contributed by atoms with Gasteiger partial charge in [-0.2, -0.15) is 0 Å². The van der Waals surface area contributed by atoms with Gasteiger partial charge < -0.3 is 10.2 Å². The van der Waals surface area contributed by atoms with Gasteiger partial charge in [-0.05, 0) is 38.1 Å². The summed E-state index contributed by atoms with van der Waals surface area (Å²) in [5.74, 6) is 0.907. The third kappa shape index (κ3) is 4.16. The van der Waals surface area contributed by atoms with Crippen LogP contribution in [0.25, 0.3) is 0 Å². The summed E-state index contributed by atoms with van der Waals surface area (Å²) in [6, 6.07) is 0. The van der Waals surface area contributed by atoms with E-state index in [2.05, 4.69) is 42.9 Å². The average Bonchev–Trinajstić information content (AvgIpc) is 2.50. The topological polar surface area (TPSA) is 41.1 Å². The highest BCUT2D eigenvalue weighted by molar-refractivity contribution is 5.33. The Morgan fingerprint density at radius 1 is 1.29 bits per heavy atom. The molecule has 2 rings (SSSR count). The van der Waals surface area contributed by atoms with E-state index in [1.54, 1.807) is 0 Å². The van der Waals surface area contributed by atoms with Crippen LogP contribution >= 0.6 is 0 Å². The summed E-state index contributed by atoms with van der Waals surface area (Å²) in [6.07, 6.45) is 6.90. The fourth-order valence-corrected chi connectivity index (χ4v) is 2.81. The second kappa shape index (κ2) is 7.21. The minimum Gasteiger partial charge on any atom is -0.341 e. The molecule has 1 aliphatic rings. The highest BCUT2D eigenvalue weighted by atomic mass is 15.3. The molecule has 0 spiro atoms. The fraction of sp³-hybridized carbons (Fsp3) is 0.765. The lowest BCUT2D eigenvalue weighted by Gasteiger charge is -2.39. The van der Waals surface area contributed by atoms with Crippen molar-refractivity contribution in [2.75, 3.05) is 24.5 Å². The average molecular weight is 290 g/mol. The Bertz CT molecular complexity index is 450. The fourth-order valence-electron chi connectivity index (χ4n) is 2.81. The zero-order valence-corrected chi connectivity index (χ0v) is 14.1. The van der Waals surface area contributed by atoms with E-state index in [0.717, 1.165) is 44.2 Å². The first kappa shape index (κ1) is 16.2. The standard InChI is InChI=1S/C17H30N4/c1-5-9-18-12-15-13-19-16(20-14(15)3)21-10-7-17(4,6-2)8-11-21/h13,18H,5-12H2,1-4H3. The molecule has 1 saturated heterocycles. The molecule has 2 heterocycles. The quantitative estimate of drug-likeness (QED) is 0.816. The van der Waals surface area contributed by atoms with E-state index in [1.807, 2.05) is 6.20 Å². The summed E-state index contributed by atoms with van der Waals surface area (Å²) < 4.78 is 0. The Morgan fingerprint density at radius 3 is 2.57 bits per heavy atom. The third-order valence-electron chi connectivity index (χ3n) is 4.92. The van der Waals surface area contributed by atoms with Crippen LogP contribution in [0.15, 0.2) is 6.20 Å². The highest BCUT2D eigenvalue weighted by Gasteiger charge is 2.29. The molecule has 21 heavy (non-hydrogen) atoms. The number of hydrogen-bond acceptors (Lipinski definition) is 4. The molecule has 1 N–H and O–H groups in total. The third-order valence-corrected chi connectivity index (χ3v) is 4.92. The summed E-state index contributed by atoms with van der Waals surface area (Å²) in [6.45, 7) is 13.0. The van der Waals surface area contributed by atoms with Crippen LogP contribution in [-0.2, 0) is 6.54 Å². The molecule has 0 saturated carbocycles. The van der Waals surface area contributed by atoms with Crippen molar-refractivity contribution < 1.29 is 0 Å². The number of piperidine rings is 1. The molecule has 0 radical (unpaired) electrons. The van der Waals surface area contributed by atoms with Gasteiger partial charge in [0.05, 0.1) is 0 Å². The Hall–Kier alpha value is -1.16. The monoisotopic (exact) mass is 290 g/mol.